The lowest BCUT2D eigenvalue weighted by Gasteiger charge is -2.28. The average Bonchev–Trinajstić information content (AvgIpc) is 2.36. The molecule has 0 spiro atoms. The van der Waals surface area contributed by atoms with Crippen molar-refractivity contribution in [3.63, 3.8) is 0 Å². The van der Waals surface area contributed by atoms with E-state index >= 15 is 0 Å². The first kappa shape index (κ1) is 18.9. The highest BCUT2D eigenvalue weighted by atomic mass is 16.4. The average molecular weight is 304 g/mol. The normalized spacial score (nSPS) is 11.0. The largest absolute Gasteiger partial charge is 0.481 e. The summed E-state index contributed by atoms with van der Waals surface area (Å²) in [5, 5.41) is 35.3. The van der Waals surface area contributed by atoms with Crippen LogP contribution < -0.4 is 0 Å². The molecule has 8 nitrogen and oxygen atoms in total. The number of carbonyl (C=O) groups is 4. The molecule has 0 aliphatic heterocycles. The number of unbranched alkanes of at least 4 members (excludes halogenated alkanes) is 1. The molecule has 4 N–H and O–H groups in total. The number of hydrogen-bond acceptors (Lipinski definition) is 4. The van der Waals surface area contributed by atoms with Crippen molar-refractivity contribution in [2.75, 3.05) is 0 Å². The van der Waals surface area contributed by atoms with Crippen LogP contribution in [0.5, 0.6) is 0 Å². The van der Waals surface area contributed by atoms with Gasteiger partial charge in [0.25, 0.3) is 0 Å². The summed E-state index contributed by atoms with van der Waals surface area (Å²) < 4.78 is 0. The molecule has 0 saturated heterocycles. The van der Waals surface area contributed by atoms with Crippen molar-refractivity contribution >= 4 is 23.9 Å². The second kappa shape index (κ2) is 8.93. The van der Waals surface area contributed by atoms with Crippen molar-refractivity contribution in [3.8, 4) is 0 Å². The summed E-state index contributed by atoms with van der Waals surface area (Å²) in [5.41, 5.74) is -1.44. The molecule has 0 rings (SSSR count). The first-order valence-electron chi connectivity index (χ1n) is 6.58. The van der Waals surface area contributed by atoms with Crippen LogP contribution in [0, 0.1) is 5.41 Å². The van der Waals surface area contributed by atoms with Gasteiger partial charge in [-0.2, -0.15) is 0 Å². The van der Waals surface area contributed by atoms with Crippen LogP contribution in [0.2, 0.25) is 0 Å². The molecule has 0 unspecified atom stereocenters. The van der Waals surface area contributed by atoms with Crippen LogP contribution in [0.1, 0.15) is 51.4 Å². The number of carboxylic acid groups (broad SMARTS) is 4. The molecular formula is C13H20O8. The number of hydrogen-bond donors (Lipinski definition) is 4. The minimum absolute atomic E-state index is 0.0656. The van der Waals surface area contributed by atoms with E-state index < -0.39 is 29.3 Å². The third-order valence-corrected chi connectivity index (χ3v) is 3.38. The van der Waals surface area contributed by atoms with Crippen molar-refractivity contribution in [3.05, 3.63) is 0 Å². The summed E-state index contributed by atoms with van der Waals surface area (Å²) in [5.74, 6) is -4.53. The minimum Gasteiger partial charge on any atom is -0.481 e. The predicted molar refractivity (Wildman–Crippen MR) is 69.9 cm³/mol. The van der Waals surface area contributed by atoms with E-state index in [0.29, 0.717) is 0 Å². The number of rotatable bonds is 12. The number of carboxylic acids is 4. The van der Waals surface area contributed by atoms with Gasteiger partial charge in [-0.05, 0) is 25.7 Å². The molecule has 0 amide bonds. The molecular weight excluding hydrogens is 284 g/mol. The maximum Gasteiger partial charge on any atom is 0.309 e. The summed E-state index contributed by atoms with van der Waals surface area (Å²) in [6, 6.07) is 0. The third kappa shape index (κ3) is 7.91. The predicted octanol–water partition coefficient (Wildman–Crippen LogP) is 1.43. The van der Waals surface area contributed by atoms with Gasteiger partial charge in [0.2, 0.25) is 0 Å². The van der Waals surface area contributed by atoms with E-state index in [1.54, 1.807) is 0 Å². The van der Waals surface area contributed by atoms with E-state index in [0.717, 1.165) is 0 Å². The molecule has 0 radical (unpaired) electrons. The highest BCUT2D eigenvalue weighted by Crippen LogP contribution is 2.36. The highest BCUT2D eigenvalue weighted by Gasteiger charge is 2.38. The van der Waals surface area contributed by atoms with E-state index in [-0.39, 0.29) is 51.4 Å². The fourth-order valence-corrected chi connectivity index (χ4v) is 2.13. The molecule has 0 aromatic heterocycles. The first-order chi connectivity index (χ1) is 9.69. The van der Waals surface area contributed by atoms with Gasteiger partial charge < -0.3 is 20.4 Å². The van der Waals surface area contributed by atoms with Crippen molar-refractivity contribution < 1.29 is 39.6 Å². The second-order valence-electron chi connectivity index (χ2n) is 4.97. The van der Waals surface area contributed by atoms with Crippen LogP contribution >= 0.6 is 0 Å². The third-order valence-electron chi connectivity index (χ3n) is 3.38. The van der Waals surface area contributed by atoms with Gasteiger partial charge in [0.15, 0.2) is 0 Å². The molecule has 21 heavy (non-hydrogen) atoms. The lowest BCUT2D eigenvalue weighted by Crippen LogP contribution is -2.32. The molecule has 0 aromatic carbocycles. The Kier molecular flexibility index (Phi) is 8.03. The first-order valence-corrected chi connectivity index (χ1v) is 6.58. The fraction of sp³-hybridized carbons (Fsp3) is 0.692. The Hall–Kier alpha value is -2.12. The summed E-state index contributed by atoms with van der Waals surface area (Å²) >= 11 is 0. The lowest BCUT2D eigenvalue weighted by molar-refractivity contribution is -0.152. The van der Waals surface area contributed by atoms with E-state index in [4.69, 9.17) is 15.3 Å². The quantitative estimate of drug-likeness (QED) is 0.395. The van der Waals surface area contributed by atoms with Crippen LogP contribution in [0.3, 0.4) is 0 Å². The van der Waals surface area contributed by atoms with E-state index in [9.17, 15) is 24.3 Å². The molecule has 0 bridgehead atoms. The molecule has 0 aromatic rings. The SMILES string of the molecule is O=C(O)CCCCC(CCC(=O)O)(CCC(=O)O)C(=O)O. The summed E-state index contributed by atoms with van der Waals surface area (Å²) in [7, 11) is 0. The molecule has 0 atom stereocenters. The van der Waals surface area contributed by atoms with E-state index in [1.807, 2.05) is 0 Å². The Bertz CT molecular complexity index is 383. The smallest absolute Gasteiger partial charge is 0.309 e. The Morgan fingerprint density at radius 3 is 1.38 bits per heavy atom. The molecule has 0 aliphatic carbocycles. The summed E-state index contributed by atoms with van der Waals surface area (Å²) in [6.45, 7) is 0. The van der Waals surface area contributed by atoms with Gasteiger partial charge in [0.1, 0.15) is 0 Å². The van der Waals surface area contributed by atoms with Crippen LogP contribution in [0.15, 0.2) is 0 Å². The van der Waals surface area contributed by atoms with Crippen LogP contribution in [-0.2, 0) is 19.2 Å². The van der Waals surface area contributed by atoms with E-state index in [2.05, 4.69) is 0 Å². The van der Waals surface area contributed by atoms with Crippen LogP contribution in [0.25, 0.3) is 0 Å². The van der Waals surface area contributed by atoms with E-state index in [1.165, 1.54) is 0 Å². The van der Waals surface area contributed by atoms with Gasteiger partial charge in [0.05, 0.1) is 5.41 Å². The van der Waals surface area contributed by atoms with Crippen LogP contribution in [-0.4, -0.2) is 44.3 Å². The van der Waals surface area contributed by atoms with Crippen molar-refractivity contribution in [1.82, 2.24) is 0 Å². The molecule has 0 aliphatic rings. The zero-order valence-corrected chi connectivity index (χ0v) is 11.6. The Morgan fingerprint density at radius 1 is 0.619 bits per heavy atom. The molecule has 0 heterocycles. The van der Waals surface area contributed by atoms with Crippen molar-refractivity contribution in [2.45, 2.75) is 51.4 Å². The Morgan fingerprint density at radius 2 is 1.05 bits per heavy atom. The highest BCUT2D eigenvalue weighted by molar-refractivity contribution is 5.77. The summed E-state index contributed by atoms with van der Waals surface area (Å²) in [4.78, 5) is 43.2. The molecule has 0 fully saturated rings. The summed E-state index contributed by atoms with van der Waals surface area (Å²) in [6.07, 6.45) is -0.558. The lowest BCUT2D eigenvalue weighted by atomic mass is 9.75. The number of aliphatic carboxylic acids is 4. The van der Waals surface area contributed by atoms with Gasteiger partial charge in [-0.15, -0.1) is 0 Å². The maximum atomic E-state index is 11.5. The van der Waals surface area contributed by atoms with Crippen molar-refractivity contribution in [1.29, 1.82) is 0 Å². The molecule has 8 heteroatoms. The fourth-order valence-electron chi connectivity index (χ4n) is 2.13. The monoisotopic (exact) mass is 304 g/mol. The Labute approximate surface area is 121 Å². The molecule has 0 saturated carbocycles. The van der Waals surface area contributed by atoms with Crippen molar-refractivity contribution in [2.24, 2.45) is 5.41 Å². The Balaban J connectivity index is 4.80. The van der Waals surface area contributed by atoms with Gasteiger partial charge >= 0.3 is 23.9 Å². The second-order valence-corrected chi connectivity index (χ2v) is 4.97. The van der Waals surface area contributed by atoms with Crippen LogP contribution in [0.4, 0.5) is 0 Å². The van der Waals surface area contributed by atoms with Gasteiger partial charge in [-0.3, -0.25) is 19.2 Å². The zero-order chi connectivity index (χ0) is 16.5. The zero-order valence-electron chi connectivity index (χ0n) is 11.6. The minimum atomic E-state index is -1.44. The maximum absolute atomic E-state index is 11.5. The topological polar surface area (TPSA) is 149 Å². The van der Waals surface area contributed by atoms with Gasteiger partial charge in [-0.25, -0.2) is 0 Å². The van der Waals surface area contributed by atoms with Gasteiger partial charge in [0, 0.05) is 19.3 Å². The van der Waals surface area contributed by atoms with Gasteiger partial charge in [-0.1, -0.05) is 6.42 Å². The molecule has 120 valence electrons. The standard InChI is InChI=1S/C13H20O8/c14-9(15)3-1-2-6-13(12(20)21,7-4-10(16)17)8-5-11(18)19/h1-8H2,(H,14,15)(H,16,17)(H,18,19)(H,20,21).